The summed E-state index contributed by atoms with van der Waals surface area (Å²) in [5.41, 5.74) is 0.368. The maximum Gasteiger partial charge on any atom is 0.185 e. The Bertz CT molecular complexity index is 448. The second kappa shape index (κ2) is 5.62. The van der Waals surface area contributed by atoms with Crippen LogP contribution in [0.2, 0.25) is 0 Å². The van der Waals surface area contributed by atoms with Crippen molar-refractivity contribution >= 4 is 16.5 Å². The average Bonchev–Trinajstić information content (AvgIpc) is 3.07. The van der Waals surface area contributed by atoms with Crippen LogP contribution in [-0.4, -0.2) is 49.2 Å². The van der Waals surface area contributed by atoms with Gasteiger partial charge in [-0.2, -0.15) is 0 Å². The van der Waals surface area contributed by atoms with Crippen molar-refractivity contribution in [2.24, 2.45) is 0 Å². The highest BCUT2D eigenvalue weighted by Gasteiger charge is 2.40. The second-order valence-corrected chi connectivity index (χ2v) is 7.69. The summed E-state index contributed by atoms with van der Waals surface area (Å²) in [7, 11) is 6.60. The molecule has 0 bridgehead atoms. The number of nitrogens with one attached hydrogen (secondary N) is 1. The van der Waals surface area contributed by atoms with E-state index in [1.807, 2.05) is 17.5 Å². The van der Waals surface area contributed by atoms with Crippen molar-refractivity contribution in [2.45, 2.75) is 50.2 Å². The van der Waals surface area contributed by atoms with Crippen LogP contribution in [0.3, 0.4) is 0 Å². The van der Waals surface area contributed by atoms with Gasteiger partial charge in [0.1, 0.15) is 0 Å². The molecule has 1 aromatic rings. The number of aromatic nitrogens is 1. The lowest BCUT2D eigenvalue weighted by Gasteiger charge is -2.49. The highest BCUT2D eigenvalue weighted by Crippen LogP contribution is 2.38. The van der Waals surface area contributed by atoms with Crippen LogP contribution in [-0.2, 0) is 6.54 Å². The molecule has 0 radical (unpaired) electrons. The smallest absolute Gasteiger partial charge is 0.185 e. The minimum Gasteiger partial charge on any atom is -0.349 e. The first-order chi connectivity index (χ1) is 9.59. The molecule has 0 unspecified atom stereocenters. The fraction of sp³-hybridized carbons (Fsp3) is 0.800. The summed E-state index contributed by atoms with van der Waals surface area (Å²) in [5, 5.41) is 4.72. The van der Waals surface area contributed by atoms with Crippen molar-refractivity contribution in [1.82, 2.24) is 15.2 Å². The number of thiazole rings is 1. The van der Waals surface area contributed by atoms with Gasteiger partial charge in [0.2, 0.25) is 0 Å². The molecule has 2 aliphatic carbocycles. The average molecular weight is 294 g/mol. The molecule has 1 aromatic heterocycles. The molecule has 112 valence electrons. The van der Waals surface area contributed by atoms with Gasteiger partial charge in [0.05, 0.1) is 0 Å². The number of anilines is 1. The Hall–Kier alpha value is -0.650. The van der Waals surface area contributed by atoms with Crippen molar-refractivity contribution in [3.05, 3.63) is 11.1 Å². The summed E-state index contributed by atoms with van der Waals surface area (Å²) < 4.78 is 0. The topological polar surface area (TPSA) is 31.4 Å². The predicted octanol–water partition coefficient (Wildman–Crippen LogP) is 2.32. The zero-order valence-electron chi connectivity index (χ0n) is 12.9. The monoisotopic (exact) mass is 294 g/mol. The van der Waals surface area contributed by atoms with Gasteiger partial charge in [0.15, 0.2) is 5.13 Å². The molecule has 0 atom stereocenters. The van der Waals surface area contributed by atoms with Crippen molar-refractivity contribution < 1.29 is 0 Å². The molecule has 5 heteroatoms. The lowest BCUT2D eigenvalue weighted by Crippen LogP contribution is -2.56. The Labute approximate surface area is 126 Å². The van der Waals surface area contributed by atoms with Gasteiger partial charge in [0, 0.05) is 42.8 Å². The van der Waals surface area contributed by atoms with Crippen LogP contribution in [0.15, 0.2) is 6.20 Å². The maximum absolute atomic E-state index is 4.60. The highest BCUT2D eigenvalue weighted by atomic mass is 32.1. The maximum atomic E-state index is 4.60. The summed E-state index contributed by atoms with van der Waals surface area (Å²) in [4.78, 5) is 10.7. The molecule has 0 aromatic carbocycles. The van der Waals surface area contributed by atoms with E-state index in [-0.39, 0.29) is 0 Å². The number of nitrogens with zero attached hydrogens (tertiary/aromatic N) is 3. The molecule has 3 rings (SSSR count). The van der Waals surface area contributed by atoms with Gasteiger partial charge in [-0.1, -0.05) is 0 Å². The molecule has 2 saturated carbocycles. The lowest BCUT2D eigenvalue weighted by molar-refractivity contribution is 0.0683. The number of likely N-dealkylation sites (N-methyl/N-ethyl adjacent to an activating group) is 2. The van der Waals surface area contributed by atoms with Crippen molar-refractivity contribution in [3.63, 3.8) is 0 Å². The van der Waals surface area contributed by atoms with Crippen LogP contribution in [0, 0.1) is 0 Å². The molecule has 0 aliphatic heterocycles. The number of rotatable bonds is 7. The molecule has 2 fully saturated rings. The van der Waals surface area contributed by atoms with E-state index in [0.717, 1.165) is 24.3 Å². The Kier molecular flexibility index (Phi) is 4.02. The van der Waals surface area contributed by atoms with Crippen LogP contribution in [0.1, 0.15) is 37.0 Å². The van der Waals surface area contributed by atoms with Crippen LogP contribution in [0.5, 0.6) is 0 Å². The quantitative estimate of drug-likeness (QED) is 0.836. The molecule has 4 nitrogen and oxygen atoms in total. The molecule has 0 saturated heterocycles. The molecule has 0 spiro atoms. The van der Waals surface area contributed by atoms with E-state index in [0.29, 0.717) is 5.54 Å². The van der Waals surface area contributed by atoms with E-state index in [1.165, 1.54) is 37.0 Å². The Morgan fingerprint density at radius 2 is 2.10 bits per heavy atom. The largest absolute Gasteiger partial charge is 0.349 e. The molecular formula is C15H26N4S. The van der Waals surface area contributed by atoms with E-state index in [1.54, 1.807) is 0 Å². The molecular weight excluding hydrogens is 268 g/mol. The Morgan fingerprint density at radius 1 is 1.35 bits per heavy atom. The summed E-state index contributed by atoms with van der Waals surface area (Å²) in [6.45, 7) is 2.07. The van der Waals surface area contributed by atoms with E-state index in [4.69, 9.17) is 0 Å². The van der Waals surface area contributed by atoms with Crippen LogP contribution >= 0.6 is 11.3 Å². The zero-order valence-corrected chi connectivity index (χ0v) is 13.7. The van der Waals surface area contributed by atoms with Crippen LogP contribution in [0.25, 0.3) is 0 Å². The Balaban J connectivity index is 1.57. The minimum atomic E-state index is 0.368. The van der Waals surface area contributed by atoms with Crippen molar-refractivity contribution in [3.8, 4) is 0 Å². The normalized spacial score (nSPS) is 21.0. The molecule has 0 amide bonds. The van der Waals surface area contributed by atoms with Crippen LogP contribution in [0.4, 0.5) is 5.13 Å². The van der Waals surface area contributed by atoms with Gasteiger partial charge in [-0.15, -0.1) is 11.3 Å². The van der Waals surface area contributed by atoms with Gasteiger partial charge in [-0.05, 0) is 46.2 Å². The minimum absolute atomic E-state index is 0.368. The summed E-state index contributed by atoms with van der Waals surface area (Å²) >= 11 is 1.83. The van der Waals surface area contributed by atoms with E-state index >= 15 is 0 Å². The van der Waals surface area contributed by atoms with Gasteiger partial charge >= 0.3 is 0 Å². The van der Waals surface area contributed by atoms with E-state index in [9.17, 15) is 0 Å². The number of hydrogen-bond acceptors (Lipinski definition) is 5. The first kappa shape index (κ1) is 14.3. The standard InChI is InChI=1S/C15H26N4S/c1-18(2)15(7-4-8-15)11-19(3)14-17-10-13(20-14)9-16-12-5-6-12/h10,12,16H,4-9,11H2,1-3H3. The highest BCUT2D eigenvalue weighted by molar-refractivity contribution is 7.15. The van der Waals surface area contributed by atoms with Gasteiger partial charge < -0.3 is 15.1 Å². The first-order valence-corrected chi connectivity index (χ1v) is 8.47. The summed E-state index contributed by atoms with van der Waals surface area (Å²) in [6.07, 6.45) is 8.71. The first-order valence-electron chi connectivity index (χ1n) is 7.66. The van der Waals surface area contributed by atoms with Gasteiger partial charge in [-0.3, -0.25) is 0 Å². The number of hydrogen-bond donors (Lipinski definition) is 1. The summed E-state index contributed by atoms with van der Waals surface area (Å²) in [6, 6.07) is 0.769. The molecule has 1 N–H and O–H groups in total. The van der Waals surface area contributed by atoms with Gasteiger partial charge in [0.25, 0.3) is 0 Å². The lowest BCUT2D eigenvalue weighted by atomic mass is 9.75. The van der Waals surface area contributed by atoms with Crippen LogP contribution < -0.4 is 10.2 Å². The predicted molar refractivity (Wildman–Crippen MR) is 85.5 cm³/mol. The third kappa shape index (κ3) is 3.00. The second-order valence-electron chi connectivity index (χ2n) is 6.59. The fourth-order valence-electron chi connectivity index (χ4n) is 2.93. The third-order valence-electron chi connectivity index (χ3n) is 4.77. The SMILES string of the molecule is CN(CC1(N(C)C)CCC1)c1ncc(CNC2CC2)s1. The Morgan fingerprint density at radius 3 is 2.65 bits per heavy atom. The van der Waals surface area contributed by atoms with Crippen molar-refractivity contribution in [1.29, 1.82) is 0 Å². The van der Waals surface area contributed by atoms with Gasteiger partial charge in [-0.25, -0.2) is 4.98 Å². The van der Waals surface area contributed by atoms with Crippen molar-refractivity contribution in [2.75, 3.05) is 32.6 Å². The zero-order chi connectivity index (χ0) is 14.2. The molecule has 2 aliphatic rings. The van der Waals surface area contributed by atoms with E-state index in [2.05, 4.69) is 41.2 Å². The summed E-state index contributed by atoms with van der Waals surface area (Å²) in [5.74, 6) is 0. The molecule has 1 heterocycles. The fourth-order valence-corrected chi connectivity index (χ4v) is 3.75. The third-order valence-corrected chi connectivity index (χ3v) is 5.89. The van der Waals surface area contributed by atoms with E-state index < -0.39 is 0 Å². The molecule has 20 heavy (non-hydrogen) atoms.